The zero-order valence-corrected chi connectivity index (χ0v) is 19.6. The van der Waals surface area contributed by atoms with Crippen LogP contribution in [0.25, 0.3) is 5.69 Å². The molecule has 3 aromatic rings. The molecule has 0 radical (unpaired) electrons. The summed E-state index contributed by atoms with van der Waals surface area (Å²) in [7, 11) is 0. The molecule has 0 bridgehead atoms. The van der Waals surface area contributed by atoms with Gasteiger partial charge in [0.05, 0.1) is 36.5 Å². The van der Waals surface area contributed by atoms with Crippen molar-refractivity contribution in [1.82, 2.24) is 9.47 Å². The number of rotatable bonds is 6. The molecule has 0 unspecified atom stereocenters. The fourth-order valence-corrected chi connectivity index (χ4v) is 5.13. The van der Waals surface area contributed by atoms with E-state index < -0.39 is 0 Å². The van der Waals surface area contributed by atoms with Crippen LogP contribution in [0.15, 0.2) is 54.7 Å². The Hall–Kier alpha value is -3.48. The number of nitrogens with one attached hydrogen (secondary N) is 1. The van der Waals surface area contributed by atoms with Crippen molar-refractivity contribution in [2.75, 3.05) is 31.6 Å². The molecule has 7 heteroatoms. The highest BCUT2D eigenvalue weighted by Gasteiger charge is 2.42. The molecule has 1 fully saturated rings. The average Bonchev–Trinajstić information content (AvgIpc) is 3.33. The summed E-state index contributed by atoms with van der Waals surface area (Å²) in [5, 5.41) is 3.62. The largest absolute Gasteiger partial charge is 0.490 e. The number of anilines is 1. The molecule has 1 N–H and O–H groups in total. The van der Waals surface area contributed by atoms with Crippen molar-refractivity contribution in [3.05, 3.63) is 71.8 Å². The highest BCUT2D eigenvalue weighted by atomic mass is 19.1. The van der Waals surface area contributed by atoms with Crippen LogP contribution in [0.5, 0.6) is 11.5 Å². The molecule has 1 aromatic heterocycles. The molecule has 2 aliphatic rings. The maximum atomic E-state index is 14.0. The number of piperidine rings is 1. The second kappa shape index (κ2) is 9.05. The van der Waals surface area contributed by atoms with Gasteiger partial charge in [-0.15, -0.1) is 0 Å². The lowest BCUT2D eigenvalue weighted by molar-refractivity contribution is -0.132. The Morgan fingerprint density at radius 1 is 1.03 bits per heavy atom. The number of hydrogen-bond donors (Lipinski definition) is 1. The second-order valence-corrected chi connectivity index (χ2v) is 8.84. The number of carbonyl (C=O) groups is 1. The molecule has 34 heavy (non-hydrogen) atoms. The molecule has 1 spiro atoms. The molecule has 3 heterocycles. The molecule has 0 saturated carbocycles. The first-order valence-electron chi connectivity index (χ1n) is 12.0. The summed E-state index contributed by atoms with van der Waals surface area (Å²) in [6.07, 6.45) is 3.85. The van der Waals surface area contributed by atoms with Gasteiger partial charge in [0, 0.05) is 25.0 Å². The van der Waals surface area contributed by atoms with Crippen molar-refractivity contribution in [2.24, 2.45) is 0 Å². The van der Waals surface area contributed by atoms with E-state index in [1.807, 2.05) is 49.2 Å². The van der Waals surface area contributed by atoms with Crippen molar-refractivity contribution in [1.29, 1.82) is 0 Å². The highest BCUT2D eigenvalue weighted by molar-refractivity contribution is 5.79. The third-order valence-electron chi connectivity index (χ3n) is 6.76. The van der Waals surface area contributed by atoms with Crippen molar-refractivity contribution < 1.29 is 18.7 Å². The van der Waals surface area contributed by atoms with Gasteiger partial charge in [-0.05, 0) is 74.7 Å². The Bertz CT molecular complexity index is 1200. The molecule has 0 atom stereocenters. The van der Waals surface area contributed by atoms with Crippen LogP contribution in [-0.2, 0) is 16.8 Å². The number of hydrogen-bond acceptors (Lipinski definition) is 4. The lowest BCUT2D eigenvalue weighted by Gasteiger charge is -2.46. The molecule has 5 rings (SSSR count). The fraction of sp³-hybridized carbons (Fsp3) is 0.370. The summed E-state index contributed by atoms with van der Waals surface area (Å²) < 4.78 is 27.4. The Morgan fingerprint density at radius 2 is 1.79 bits per heavy atom. The summed E-state index contributed by atoms with van der Waals surface area (Å²) >= 11 is 0. The van der Waals surface area contributed by atoms with E-state index in [4.69, 9.17) is 9.47 Å². The summed E-state index contributed by atoms with van der Waals surface area (Å²) in [6.45, 7) is 6.23. The maximum absolute atomic E-state index is 14.0. The smallest absolute Gasteiger partial charge is 0.226 e. The molecular formula is C27H30FN3O3. The minimum Gasteiger partial charge on any atom is -0.490 e. The lowest BCUT2D eigenvalue weighted by atomic mass is 9.82. The van der Waals surface area contributed by atoms with Crippen LogP contribution in [0.3, 0.4) is 0 Å². The number of ether oxygens (including phenoxy) is 2. The van der Waals surface area contributed by atoms with Crippen LogP contribution in [0.2, 0.25) is 0 Å². The summed E-state index contributed by atoms with van der Waals surface area (Å²) in [5.74, 6) is 1.21. The molecule has 1 amide bonds. The first kappa shape index (κ1) is 22.3. The monoisotopic (exact) mass is 463 g/mol. The number of likely N-dealkylation sites (tertiary alicyclic amines) is 1. The normalized spacial score (nSPS) is 15.9. The van der Waals surface area contributed by atoms with Crippen LogP contribution >= 0.6 is 0 Å². The van der Waals surface area contributed by atoms with Crippen LogP contribution in [0.1, 0.15) is 37.9 Å². The molecule has 2 aromatic carbocycles. The Labute approximate surface area is 199 Å². The fourth-order valence-electron chi connectivity index (χ4n) is 5.13. The predicted molar refractivity (Wildman–Crippen MR) is 129 cm³/mol. The van der Waals surface area contributed by atoms with Gasteiger partial charge in [0.2, 0.25) is 5.91 Å². The predicted octanol–water partition coefficient (Wildman–Crippen LogP) is 4.90. The summed E-state index contributed by atoms with van der Waals surface area (Å²) in [6, 6.07) is 14.7. The van der Waals surface area contributed by atoms with Gasteiger partial charge in [0.15, 0.2) is 11.5 Å². The van der Waals surface area contributed by atoms with E-state index in [9.17, 15) is 9.18 Å². The third-order valence-corrected chi connectivity index (χ3v) is 6.76. The molecule has 1 saturated heterocycles. The first-order chi connectivity index (χ1) is 16.5. The Morgan fingerprint density at radius 3 is 2.56 bits per heavy atom. The van der Waals surface area contributed by atoms with Gasteiger partial charge in [-0.25, -0.2) is 4.39 Å². The van der Waals surface area contributed by atoms with Crippen LogP contribution in [0, 0.1) is 5.82 Å². The summed E-state index contributed by atoms with van der Waals surface area (Å²) in [5.41, 5.74) is 3.49. The molecular weight excluding hydrogens is 433 g/mol. The zero-order valence-electron chi connectivity index (χ0n) is 19.6. The standard InChI is InChI=1S/C27H30FN3O3/c1-3-33-23-10-7-19(16-24(23)34-4-2)17-26(32)30-14-11-27(12-15-30)25-6-5-13-31(25)22-9-8-20(28)18-21(22)29-27/h5-10,13,16,18,29H,3-4,11-12,14-15,17H2,1-2H3. The van der Waals surface area contributed by atoms with Gasteiger partial charge >= 0.3 is 0 Å². The molecule has 178 valence electrons. The van der Waals surface area contributed by atoms with Crippen molar-refractivity contribution in [2.45, 2.75) is 38.6 Å². The van der Waals surface area contributed by atoms with Gasteiger partial charge in [-0.3, -0.25) is 4.79 Å². The van der Waals surface area contributed by atoms with Crippen LogP contribution in [0.4, 0.5) is 10.1 Å². The van der Waals surface area contributed by atoms with Crippen LogP contribution in [-0.4, -0.2) is 41.7 Å². The number of carbonyl (C=O) groups excluding carboxylic acids is 1. The van der Waals surface area contributed by atoms with Gasteiger partial charge in [-0.2, -0.15) is 0 Å². The number of benzene rings is 2. The summed E-state index contributed by atoms with van der Waals surface area (Å²) in [4.78, 5) is 15.1. The quantitative estimate of drug-likeness (QED) is 0.565. The highest BCUT2D eigenvalue weighted by Crippen LogP contribution is 2.43. The minimum atomic E-state index is -0.317. The lowest BCUT2D eigenvalue weighted by Crippen LogP contribution is -2.51. The average molecular weight is 464 g/mol. The second-order valence-electron chi connectivity index (χ2n) is 8.84. The van der Waals surface area contributed by atoms with Gasteiger partial charge in [-0.1, -0.05) is 6.07 Å². The van der Waals surface area contributed by atoms with E-state index >= 15 is 0 Å². The zero-order chi connectivity index (χ0) is 23.7. The topological polar surface area (TPSA) is 55.7 Å². The minimum absolute atomic E-state index is 0.0964. The van der Waals surface area contributed by atoms with Gasteiger partial charge < -0.3 is 24.3 Å². The number of nitrogens with zero attached hydrogens (tertiary/aromatic N) is 2. The number of amides is 1. The van der Waals surface area contributed by atoms with Crippen LogP contribution < -0.4 is 14.8 Å². The van der Waals surface area contributed by atoms with Gasteiger partial charge in [0.25, 0.3) is 0 Å². The van der Waals surface area contributed by atoms with E-state index in [1.165, 1.54) is 6.07 Å². The van der Waals surface area contributed by atoms with E-state index in [2.05, 4.69) is 16.0 Å². The molecule has 6 nitrogen and oxygen atoms in total. The molecule has 0 aliphatic carbocycles. The van der Waals surface area contributed by atoms with Crippen molar-refractivity contribution in [3.63, 3.8) is 0 Å². The van der Waals surface area contributed by atoms with Crippen molar-refractivity contribution >= 4 is 11.6 Å². The first-order valence-corrected chi connectivity index (χ1v) is 12.0. The third kappa shape index (κ3) is 4.00. The number of fused-ring (bicyclic) bond motifs is 4. The van der Waals surface area contributed by atoms with E-state index in [0.717, 1.165) is 35.5 Å². The van der Waals surface area contributed by atoms with Crippen molar-refractivity contribution in [3.8, 4) is 17.2 Å². The SMILES string of the molecule is CCOc1ccc(CC(=O)N2CCC3(CC2)Nc2cc(F)ccc2-n2cccc23)cc1OCC. The molecule has 2 aliphatic heterocycles. The number of halogens is 1. The van der Waals surface area contributed by atoms with Gasteiger partial charge in [0.1, 0.15) is 5.82 Å². The number of aromatic nitrogens is 1. The Kier molecular flexibility index (Phi) is 5.94. The van der Waals surface area contributed by atoms with E-state index in [0.29, 0.717) is 44.2 Å². The maximum Gasteiger partial charge on any atom is 0.226 e. The van der Waals surface area contributed by atoms with E-state index in [-0.39, 0.29) is 17.3 Å². The Balaban J connectivity index is 1.29. The van der Waals surface area contributed by atoms with E-state index in [1.54, 1.807) is 12.1 Å².